The number of hydrogen-bond acceptors (Lipinski definition) is 3. The van der Waals surface area contributed by atoms with Gasteiger partial charge < -0.3 is 10.6 Å². The Morgan fingerprint density at radius 3 is 2.68 bits per heavy atom. The zero-order valence-electron chi connectivity index (χ0n) is 9.85. The Kier molecular flexibility index (Phi) is 4.54. The summed E-state index contributed by atoms with van der Waals surface area (Å²) in [4.78, 5) is 24.2. The lowest BCUT2D eigenvalue weighted by Crippen LogP contribution is -2.34. The van der Waals surface area contributed by atoms with Gasteiger partial charge in [-0.3, -0.25) is 9.59 Å². The summed E-state index contributed by atoms with van der Waals surface area (Å²) in [6.45, 7) is 0.347. The number of benzene rings is 1. The number of carbonyl (C=O) groups is 2. The van der Waals surface area contributed by atoms with E-state index < -0.39 is 11.8 Å². The van der Waals surface area contributed by atoms with Crippen LogP contribution in [0, 0.1) is 0 Å². The van der Waals surface area contributed by atoms with Crippen molar-refractivity contribution in [3.8, 4) is 0 Å². The van der Waals surface area contributed by atoms with Crippen LogP contribution in [-0.4, -0.2) is 11.8 Å². The fourth-order valence-electron chi connectivity index (χ4n) is 1.41. The molecule has 1 aromatic heterocycles. The quantitative estimate of drug-likeness (QED) is 0.855. The van der Waals surface area contributed by atoms with Gasteiger partial charge in [0.1, 0.15) is 0 Å². The van der Waals surface area contributed by atoms with E-state index in [1.54, 1.807) is 24.3 Å². The number of rotatable bonds is 3. The highest BCUT2D eigenvalue weighted by Crippen LogP contribution is 2.14. The summed E-state index contributed by atoms with van der Waals surface area (Å²) in [6.07, 6.45) is 0. The third kappa shape index (κ3) is 4.08. The van der Waals surface area contributed by atoms with Crippen LogP contribution in [0.2, 0.25) is 5.02 Å². The number of hydrogen-bond donors (Lipinski definition) is 2. The van der Waals surface area contributed by atoms with Crippen LogP contribution in [0.15, 0.2) is 41.8 Å². The van der Waals surface area contributed by atoms with Crippen LogP contribution in [-0.2, 0) is 16.1 Å². The van der Waals surface area contributed by atoms with E-state index in [2.05, 4.69) is 10.6 Å². The molecule has 2 rings (SSSR count). The van der Waals surface area contributed by atoms with Crippen molar-refractivity contribution >= 4 is 40.4 Å². The van der Waals surface area contributed by atoms with E-state index >= 15 is 0 Å². The molecule has 0 aliphatic rings. The van der Waals surface area contributed by atoms with E-state index in [1.165, 1.54) is 11.3 Å². The molecule has 0 spiro atoms. The summed E-state index contributed by atoms with van der Waals surface area (Å²) in [5, 5.41) is 7.43. The average molecular weight is 295 g/mol. The predicted octanol–water partition coefficient (Wildman–Crippen LogP) is 2.66. The maximum atomic E-state index is 11.6. The minimum absolute atomic E-state index is 0.347. The molecule has 0 bridgehead atoms. The normalized spacial score (nSPS) is 9.95. The lowest BCUT2D eigenvalue weighted by Gasteiger charge is -2.05. The number of thiophene rings is 1. The Balaban J connectivity index is 1.87. The molecule has 2 amide bonds. The second-order valence-electron chi connectivity index (χ2n) is 3.73. The summed E-state index contributed by atoms with van der Waals surface area (Å²) >= 11 is 7.30. The molecule has 2 aromatic rings. The molecule has 0 fully saturated rings. The Morgan fingerprint density at radius 2 is 2.00 bits per heavy atom. The number of carbonyl (C=O) groups excluding carboxylic acids is 2. The summed E-state index contributed by atoms with van der Waals surface area (Å²) in [7, 11) is 0. The van der Waals surface area contributed by atoms with Crippen LogP contribution < -0.4 is 10.6 Å². The van der Waals surface area contributed by atoms with Gasteiger partial charge >= 0.3 is 11.8 Å². The molecular weight excluding hydrogens is 284 g/mol. The maximum Gasteiger partial charge on any atom is 0.313 e. The number of amides is 2. The van der Waals surface area contributed by atoms with Crippen molar-refractivity contribution in [2.75, 3.05) is 5.32 Å². The Morgan fingerprint density at radius 1 is 1.16 bits per heavy atom. The monoisotopic (exact) mass is 294 g/mol. The number of nitrogens with one attached hydrogen (secondary N) is 2. The van der Waals surface area contributed by atoms with E-state index in [4.69, 9.17) is 11.6 Å². The highest BCUT2D eigenvalue weighted by molar-refractivity contribution is 7.09. The van der Waals surface area contributed by atoms with Crippen molar-refractivity contribution in [1.82, 2.24) is 5.32 Å². The Labute approximate surface area is 119 Å². The molecule has 2 N–H and O–H groups in total. The molecule has 1 aromatic carbocycles. The van der Waals surface area contributed by atoms with Gasteiger partial charge in [0.25, 0.3) is 0 Å². The van der Waals surface area contributed by atoms with Gasteiger partial charge in [0.2, 0.25) is 0 Å². The van der Waals surface area contributed by atoms with Gasteiger partial charge in [0, 0.05) is 15.6 Å². The Bertz CT molecular complexity index is 584. The van der Waals surface area contributed by atoms with Gasteiger partial charge in [-0.1, -0.05) is 23.7 Å². The van der Waals surface area contributed by atoms with Crippen molar-refractivity contribution < 1.29 is 9.59 Å². The highest BCUT2D eigenvalue weighted by Gasteiger charge is 2.13. The number of anilines is 1. The second-order valence-corrected chi connectivity index (χ2v) is 5.20. The van der Waals surface area contributed by atoms with E-state index in [-0.39, 0.29) is 0 Å². The lowest BCUT2D eigenvalue weighted by molar-refractivity contribution is -0.136. The third-order valence-electron chi connectivity index (χ3n) is 2.29. The first-order chi connectivity index (χ1) is 9.15. The molecule has 4 nitrogen and oxygen atoms in total. The molecule has 0 saturated carbocycles. The molecule has 0 radical (unpaired) electrons. The summed E-state index contributed by atoms with van der Waals surface area (Å²) in [6, 6.07) is 10.4. The van der Waals surface area contributed by atoms with E-state index in [9.17, 15) is 9.59 Å². The fraction of sp³-hybridized carbons (Fsp3) is 0.0769. The summed E-state index contributed by atoms with van der Waals surface area (Å²) < 4.78 is 0. The van der Waals surface area contributed by atoms with E-state index in [1.807, 2.05) is 17.5 Å². The smallest absolute Gasteiger partial charge is 0.313 e. The van der Waals surface area contributed by atoms with Crippen molar-refractivity contribution in [3.63, 3.8) is 0 Å². The van der Waals surface area contributed by atoms with E-state index in [0.717, 1.165) is 4.88 Å². The second kappa shape index (κ2) is 6.36. The van der Waals surface area contributed by atoms with E-state index in [0.29, 0.717) is 17.3 Å². The molecule has 1 heterocycles. The van der Waals surface area contributed by atoms with Crippen LogP contribution in [0.3, 0.4) is 0 Å². The van der Waals surface area contributed by atoms with Gasteiger partial charge in [-0.15, -0.1) is 11.3 Å². The minimum atomic E-state index is -0.709. The third-order valence-corrected chi connectivity index (χ3v) is 3.40. The predicted molar refractivity (Wildman–Crippen MR) is 76.2 cm³/mol. The first-order valence-corrected chi connectivity index (χ1v) is 6.78. The topological polar surface area (TPSA) is 58.2 Å². The van der Waals surface area contributed by atoms with Crippen LogP contribution in [0.1, 0.15) is 4.88 Å². The number of halogens is 1. The van der Waals surface area contributed by atoms with Crippen LogP contribution in [0.4, 0.5) is 5.69 Å². The lowest BCUT2D eigenvalue weighted by atomic mass is 10.3. The zero-order valence-corrected chi connectivity index (χ0v) is 11.4. The summed E-state index contributed by atoms with van der Waals surface area (Å²) in [5.41, 5.74) is 0.490. The van der Waals surface area contributed by atoms with Crippen LogP contribution in [0.5, 0.6) is 0 Å². The molecule has 0 saturated heterocycles. The zero-order chi connectivity index (χ0) is 13.7. The van der Waals surface area contributed by atoms with Gasteiger partial charge in [-0.2, -0.15) is 0 Å². The summed E-state index contributed by atoms with van der Waals surface area (Å²) in [5.74, 6) is -1.38. The SMILES string of the molecule is O=C(NCc1cccs1)C(=O)Nc1cccc(Cl)c1. The van der Waals surface area contributed by atoms with Crippen molar-refractivity contribution in [1.29, 1.82) is 0 Å². The maximum absolute atomic E-state index is 11.6. The van der Waals surface area contributed by atoms with Crippen molar-refractivity contribution in [2.45, 2.75) is 6.54 Å². The minimum Gasteiger partial charge on any atom is -0.343 e. The van der Waals surface area contributed by atoms with Crippen LogP contribution >= 0.6 is 22.9 Å². The molecule has 98 valence electrons. The molecule has 0 unspecified atom stereocenters. The van der Waals surface area contributed by atoms with Gasteiger partial charge in [0.15, 0.2) is 0 Å². The van der Waals surface area contributed by atoms with Crippen LogP contribution in [0.25, 0.3) is 0 Å². The van der Waals surface area contributed by atoms with Gasteiger partial charge in [-0.25, -0.2) is 0 Å². The standard InChI is InChI=1S/C13H11ClN2O2S/c14-9-3-1-4-10(7-9)16-13(18)12(17)15-8-11-5-2-6-19-11/h1-7H,8H2,(H,15,17)(H,16,18). The molecular formula is C13H11ClN2O2S. The van der Waals surface area contributed by atoms with Gasteiger partial charge in [0.05, 0.1) is 6.54 Å². The molecule has 0 aliphatic carbocycles. The van der Waals surface area contributed by atoms with Crippen molar-refractivity contribution in [2.24, 2.45) is 0 Å². The Hall–Kier alpha value is -1.85. The fourth-order valence-corrected chi connectivity index (χ4v) is 2.25. The van der Waals surface area contributed by atoms with Crippen molar-refractivity contribution in [3.05, 3.63) is 51.7 Å². The first kappa shape index (κ1) is 13.6. The molecule has 19 heavy (non-hydrogen) atoms. The average Bonchev–Trinajstić information content (AvgIpc) is 2.89. The molecule has 0 aliphatic heterocycles. The largest absolute Gasteiger partial charge is 0.343 e. The molecule has 0 atom stereocenters. The van der Waals surface area contributed by atoms with Gasteiger partial charge in [-0.05, 0) is 29.6 Å². The first-order valence-electron chi connectivity index (χ1n) is 5.52. The highest BCUT2D eigenvalue weighted by atomic mass is 35.5. The molecule has 6 heteroatoms.